The third kappa shape index (κ3) is 5.09. The number of nitrogens with one attached hydrogen (secondary N) is 2. The van der Waals surface area contributed by atoms with Crippen molar-refractivity contribution < 1.29 is 14.3 Å². The Hall–Kier alpha value is -1.79. The van der Waals surface area contributed by atoms with Crippen LogP contribution in [0.4, 0.5) is 5.69 Å². The highest BCUT2D eigenvalue weighted by molar-refractivity contribution is 5.95. The summed E-state index contributed by atoms with van der Waals surface area (Å²) in [7, 11) is 0. The van der Waals surface area contributed by atoms with Gasteiger partial charge in [-0.25, -0.2) is 0 Å². The number of piperidine rings is 1. The Bertz CT molecular complexity index is 611. The molecule has 0 aromatic heterocycles. The van der Waals surface area contributed by atoms with Gasteiger partial charge in [0.1, 0.15) is 5.75 Å². The van der Waals surface area contributed by atoms with E-state index in [0.29, 0.717) is 18.1 Å². The molecule has 2 amide bonds. The number of halogens is 1. The molecule has 2 aliphatic rings. The highest BCUT2D eigenvalue weighted by Gasteiger charge is 2.23. The van der Waals surface area contributed by atoms with Gasteiger partial charge >= 0.3 is 0 Å². The van der Waals surface area contributed by atoms with Gasteiger partial charge in [-0.2, -0.15) is 0 Å². The summed E-state index contributed by atoms with van der Waals surface area (Å²) in [4.78, 5) is 25.7. The Balaban J connectivity index is 0.00000225. The van der Waals surface area contributed by atoms with Crippen LogP contribution in [0.25, 0.3) is 0 Å². The van der Waals surface area contributed by atoms with E-state index in [1.54, 1.807) is 4.90 Å². The predicted octanol–water partition coefficient (Wildman–Crippen LogP) is 1.73. The van der Waals surface area contributed by atoms with Gasteiger partial charge in [-0.3, -0.25) is 9.59 Å². The maximum atomic E-state index is 12.1. The van der Waals surface area contributed by atoms with Crippen molar-refractivity contribution in [1.29, 1.82) is 0 Å². The molecule has 0 aliphatic carbocycles. The first-order valence-electron chi connectivity index (χ1n) is 8.67. The summed E-state index contributed by atoms with van der Waals surface area (Å²) in [6.45, 7) is 4.70. The number of hydrogen-bond donors (Lipinski definition) is 2. The van der Waals surface area contributed by atoms with Gasteiger partial charge in [0, 0.05) is 37.3 Å². The van der Waals surface area contributed by atoms with Crippen molar-refractivity contribution in [3.8, 4) is 5.75 Å². The third-order valence-corrected chi connectivity index (χ3v) is 4.75. The molecule has 6 nitrogen and oxygen atoms in total. The number of rotatable bonds is 5. The lowest BCUT2D eigenvalue weighted by Gasteiger charge is -2.30. The van der Waals surface area contributed by atoms with Gasteiger partial charge in [0.05, 0.1) is 0 Å². The van der Waals surface area contributed by atoms with Crippen LogP contribution in [0.15, 0.2) is 24.3 Å². The monoisotopic (exact) mass is 367 g/mol. The van der Waals surface area contributed by atoms with Gasteiger partial charge in [-0.05, 0) is 37.4 Å². The molecule has 2 atom stereocenters. The summed E-state index contributed by atoms with van der Waals surface area (Å²) >= 11 is 0. The molecule has 3 rings (SSSR count). The summed E-state index contributed by atoms with van der Waals surface area (Å²) in [6.07, 6.45) is 2.55. The van der Waals surface area contributed by atoms with Crippen molar-refractivity contribution in [3.05, 3.63) is 24.3 Å². The third-order valence-electron chi connectivity index (χ3n) is 4.75. The molecule has 2 saturated heterocycles. The molecular formula is C18H26ClN3O3. The standard InChI is InChI=1S/C18H25N3O3.ClH/c1-13-7-8-19-11-16(13)20-17(22)12-24-15-5-2-4-14(10-15)21-9-3-6-18(21)23;/h2,4-5,10,13,16,19H,3,6-9,11-12H2,1H3,(H,20,22);1H. The smallest absolute Gasteiger partial charge is 0.258 e. The fourth-order valence-corrected chi connectivity index (χ4v) is 3.24. The van der Waals surface area contributed by atoms with Crippen LogP contribution in [0, 0.1) is 5.92 Å². The minimum absolute atomic E-state index is 0. The lowest BCUT2D eigenvalue weighted by atomic mass is 9.95. The maximum Gasteiger partial charge on any atom is 0.258 e. The van der Waals surface area contributed by atoms with Gasteiger partial charge in [-0.1, -0.05) is 13.0 Å². The molecule has 0 radical (unpaired) electrons. The first-order valence-corrected chi connectivity index (χ1v) is 8.67. The van der Waals surface area contributed by atoms with Crippen LogP contribution in [0.2, 0.25) is 0 Å². The zero-order valence-electron chi connectivity index (χ0n) is 14.5. The van der Waals surface area contributed by atoms with Crippen LogP contribution in [-0.2, 0) is 9.59 Å². The Morgan fingerprint density at radius 3 is 3.00 bits per heavy atom. The molecule has 2 unspecified atom stereocenters. The number of carbonyl (C=O) groups is 2. The normalized spacial score (nSPS) is 23.1. The topological polar surface area (TPSA) is 70.7 Å². The highest BCUT2D eigenvalue weighted by atomic mass is 35.5. The zero-order valence-corrected chi connectivity index (χ0v) is 15.3. The zero-order chi connectivity index (χ0) is 16.9. The number of carbonyl (C=O) groups excluding carboxylic acids is 2. The molecule has 0 saturated carbocycles. The summed E-state index contributed by atoms with van der Waals surface area (Å²) in [5.41, 5.74) is 0.834. The summed E-state index contributed by atoms with van der Waals surface area (Å²) < 4.78 is 5.61. The van der Waals surface area contributed by atoms with E-state index in [-0.39, 0.29) is 36.9 Å². The van der Waals surface area contributed by atoms with E-state index in [0.717, 1.165) is 38.2 Å². The van der Waals surface area contributed by atoms with Gasteiger partial charge in [0.25, 0.3) is 5.91 Å². The summed E-state index contributed by atoms with van der Waals surface area (Å²) in [5, 5.41) is 6.32. The van der Waals surface area contributed by atoms with Gasteiger partial charge in [0.2, 0.25) is 5.91 Å². The Morgan fingerprint density at radius 2 is 2.28 bits per heavy atom. The molecule has 1 aromatic rings. The number of anilines is 1. The van der Waals surface area contributed by atoms with Crippen LogP contribution in [-0.4, -0.2) is 44.1 Å². The summed E-state index contributed by atoms with van der Waals surface area (Å²) in [5.74, 6) is 1.11. The van der Waals surface area contributed by atoms with Crippen molar-refractivity contribution >= 4 is 29.9 Å². The Morgan fingerprint density at radius 1 is 1.44 bits per heavy atom. The molecule has 2 aliphatic heterocycles. The van der Waals surface area contributed by atoms with Crippen molar-refractivity contribution in [2.24, 2.45) is 5.92 Å². The maximum absolute atomic E-state index is 12.1. The molecule has 138 valence electrons. The number of benzene rings is 1. The SMILES string of the molecule is CC1CCNCC1NC(=O)COc1cccc(N2CCCC2=O)c1.Cl. The fraction of sp³-hybridized carbons (Fsp3) is 0.556. The van der Waals surface area contributed by atoms with Crippen molar-refractivity contribution in [1.82, 2.24) is 10.6 Å². The molecule has 0 bridgehead atoms. The highest BCUT2D eigenvalue weighted by Crippen LogP contribution is 2.25. The molecule has 2 N–H and O–H groups in total. The number of amides is 2. The first kappa shape index (κ1) is 19.5. The van der Waals surface area contributed by atoms with Crippen LogP contribution in [0.3, 0.4) is 0 Å². The molecule has 2 heterocycles. The van der Waals surface area contributed by atoms with E-state index in [1.807, 2.05) is 24.3 Å². The van der Waals surface area contributed by atoms with Crippen molar-refractivity contribution in [3.63, 3.8) is 0 Å². The van der Waals surface area contributed by atoms with E-state index in [9.17, 15) is 9.59 Å². The van der Waals surface area contributed by atoms with Gasteiger partial charge in [0.15, 0.2) is 6.61 Å². The number of hydrogen-bond acceptors (Lipinski definition) is 4. The fourth-order valence-electron chi connectivity index (χ4n) is 3.24. The molecule has 1 aromatic carbocycles. The van der Waals surface area contributed by atoms with Crippen molar-refractivity contribution in [2.45, 2.75) is 32.2 Å². The number of nitrogens with zero attached hydrogens (tertiary/aromatic N) is 1. The minimum atomic E-state index is -0.113. The molecule has 25 heavy (non-hydrogen) atoms. The first-order chi connectivity index (χ1) is 11.6. The second-order valence-electron chi connectivity index (χ2n) is 6.58. The molecule has 2 fully saturated rings. The van der Waals surface area contributed by atoms with Gasteiger partial charge in [-0.15, -0.1) is 12.4 Å². The second kappa shape index (κ2) is 9.06. The van der Waals surface area contributed by atoms with E-state index < -0.39 is 0 Å². The minimum Gasteiger partial charge on any atom is -0.484 e. The quantitative estimate of drug-likeness (QED) is 0.831. The van der Waals surface area contributed by atoms with Gasteiger partial charge < -0.3 is 20.3 Å². The molecule has 7 heteroatoms. The van der Waals surface area contributed by atoms with Crippen LogP contribution < -0.4 is 20.3 Å². The lowest BCUT2D eigenvalue weighted by Crippen LogP contribution is -2.51. The lowest BCUT2D eigenvalue weighted by molar-refractivity contribution is -0.124. The Kier molecular flexibility index (Phi) is 7.08. The van der Waals surface area contributed by atoms with E-state index in [1.165, 1.54) is 0 Å². The average molecular weight is 368 g/mol. The van der Waals surface area contributed by atoms with E-state index in [2.05, 4.69) is 17.6 Å². The van der Waals surface area contributed by atoms with Crippen LogP contribution >= 0.6 is 12.4 Å². The Labute approximate surface area is 154 Å². The number of ether oxygens (including phenoxy) is 1. The van der Waals surface area contributed by atoms with Crippen LogP contribution in [0.1, 0.15) is 26.2 Å². The second-order valence-corrected chi connectivity index (χ2v) is 6.58. The predicted molar refractivity (Wildman–Crippen MR) is 99.4 cm³/mol. The summed E-state index contributed by atoms with van der Waals surface area (Å²) in [6, 6.07) is 7.53. The van der Waals surface area contributed by atoms with E-state index in [4.69, 9.17) is 4.74 Å². The molecular weight excluding hydrogens is 342 g/mol. The van der Waals surface area contributed by atoms with Crippen LogP contribution in [0.5, 0.6) is 5.75 Å². The van der Waals surface area contributed by atoms with Crippen molar-refractivity contribution in [2.75, 3.05) is 31.1 Å². The largest absolute Gasteiger partial charge is 0.484 e. The average Bonchev–Trinajstić information content (AvgIpc) is 3.01. The van der Waals surface area contributed by atoms with E-state index >= 15 is 0 Å². The molecule has 0 spiro atoms.